The number of unbranched alkanes of at least 4 members (excludes halogenated alkanes) is 17. The van der Waals surface area contributed by atoms with Crippen molar-refractivity contribution in [3.8, 4) is 0 Å². The highest BCUT2D eigenvalue weighted by Gasteiger charge is 2.47. The van der Waals surface area contributed by atoms with Gasteiger partial charge in [-0.05, 0) is 44.9 Å². The maximum atomic E-state index is 12.3. The predicted octanol–water partition coefficient (Wildman–Crippen LogP) is 5.29. The third-order valence-corrected chi connectivity index (χ3v) is 10.9. The molecule has 0 aromatic heterocycles. The van der Waals surface area contributed by atoms with Crippen LogP contribution in [0.3, 0.4) is 0 Å². The third kappa shape index (κ3) is 22.9. The Balaban J connectivity index is 1.56. The van der Waals surface area contributed by atoms with Crippen molar-refractivity contribution in [2.45, 2.75) is 223 Å². The fourth-order valence-electron chi connectivity index (χ4n) is 7.18. The fourth-order valence-corrected chi connectivity index (χ4v) is 7.18. The monoisotopic (exact) mass is 847 g/mol. The van der Waals surface area contributed by atoms with E-state index in [1.165, 1.54) is 103 Å². The van der Waals surface area contributed by atoms with Gasteiger partial charge in [0.1, 0.15) is 54.9 Å². The quantitative estimate of drug-likeness (QED) is 0.0246. The Hall–Kier alpha value is -1.53. The lowest BCUT2D eigenvalue weighted by molar-refractivity contribution is -0.332. The summed E-state index contributed by atoms with van der Waals surface area (Å²) < 4.78 is 33.6. The smallest absolute Gasteiger partial charge is 0.306 e. The largest absolute Gasteiger partial charge is 0.457 e. The summed E-state index contributed by atoms with van der Waals surface area (Å²) >= 11 is 0. The van der Waals surface area contributed by atoms with Gasteiger partial charge in [0.25, 0.3) is 0 Å². The molecule has 2 heterocycles. The van der Waals surface area contributed by atoms with Crippen LogP contribution in [-0.2, 0) is 33.2 Å². The molecule has 14 heteroatoms. The maximum absolute atomic E-state index is 12.3. The number of esters is 1. The summed E-state index contributed by atoms with van der Waals surface area (Å²) in [7, 11) is 0. The number of allylic oxidation sites excluding steroid dienone is 4. The van der Waals surface area contributed by atoms with E-state index >= 15 is 0 Å². The van der Waals surface area contributed by atoms with Gasteiger partial charge < -0.3 is 64.2 Å². The average molecular weight is 847 g/mol. The van der Waals surface area contributed by atoms with Gasteiger partial charge in [0.2, 0.25) is 0 Å². The Bertz CT molecular complexity index is 1080. The second kappa shape index (κ2) is 34.0. The van der Waals surface area contributed by atoms with Crippen LogP contribution in [0.25, 0.3) is 0 Å². The lowest BCUT2D eigenvalue weighted by Gasteiger charge is -2.42. The Morgan fingerprint density at radius 2 is 1.05 bits per heavy atom. The normalized spacial score (nSPS) is 28.2. The Labute approximate surface area is 354 Å². The molecule has 0 radical (unpaired) electrons. The highest BCUT2D eigenvalue weighted by Crippen LogP contribution is 2.26. The molecule has 0 aromatic rings. The van der Waals surface area contributed by atoms with E-state index in [1.807, 2.05) is 6.92 Å². The van der Waals surface area contributed by atoms with E-state index in [4.69, 9.17) is 28.4 Å². The summed E-state index contributed by atoms with van der Waals surface area (Å²) in [6, 6.07) is 0. The van der Waals surface area contributed by atoms with Crippen LogP contribution in [0.2, 0.25) is 0 Å². The molecule has 59 heavy (non-hydrogen) atoms. The van der Waals surface area contributed by atoms with Crippen LogP contribution in [0.5, 0.6) is 0 Å². The standard InChI is InChI=1S/C45H82O14/c1-3-5-6-7-8-9-10-11-12-13-14-15-16-17-18-19-20-21-22-23-24-25-26-27-29-54-31-34(57-37(47)28-4-2)32-55-44-43(53)41(51)39(49)36(59-44)33-56-45-42(52)40(50)38(48)35(30-46)58-45/h10-11,13-14,34-36,38-46,48-53H,3-9,12,15-33H2,1-2H3/b11-10-,14-13-. The molecule has 0 aromatic carbocycles. The first-order valence-corrected chi connectivity index (χ1v) is 22.9. The van der Waals surface area contributed by atoms with Gasteiger partial charge in [-0.2, -0.15) is 0 Å². The minimum Gasteiger partial charge on any atom is -0.457 e. The van der Waals surface area contributed by atoms with E-state index in [0.717, 1.165) is 25.7 Å². The Kier molecular flexibility index (Phi) is 30.9. The first-order valence-electron chi connectivity index (χ1n) is 22.9. The van der Waals surface area contributed by atoms with E-state index in [0.29, 0.717) is 13.0 Å². The highest BCUT2D eigenvalue weighted by molar-refractivity contribution is 5.69. The molecule has 0 saturated carbocycles. The molecule has 0 aliphatic carbocycles. The van der Waals surface area contributed by atoms with E-state index in [2.05, 4.69) is 31.2 Å². The molecule has 0 amide bonds. The van der Waals surface area contributed by atoms with E-state index in [-0.39, 0.29) is 19.6 Å². The highest BCUT2D eigenvalue weighted by atomic mass is 16.7. The van der Waals surface area contributed by atoms with Gasteiger partial charge in [0.15, 0.2) is 12.6 Å². The van der Waals surface area contributed by atoms with E-state index < -0.39 is 86.7 Å². The minimum absolute atomic E-state index is 0.0563. The molecule has 2 saturated heterocycles. The van der Waals surface area contributed by atoms with Crippen molar-refractivity contribution < 1.29 is 69.0 Å². The number of hydrogen-bond acceptors (Lipinski definition) is 14. The van der Waals surface area contributed by atoms with Crippen LogP contribution in [0, 0.1) is 0 Å². The van der Waals surface area contributed by atoms with Crippen LogP contribution in [0.1, 0.15) is 155 Å². The number of aliphatic hydroxyl groups excluding tert-OH is 7. The van der Waals surface area contributed by atoms with Crippen LogP contribution in [0.15, 0.2) is 24.3 Å². The van der Waals surface area contributed by atoms with E-state index in [9.17, 15) is 40.5 Å². The number of carbonyl (C=O) groups is 1. The number of carbonyl (C=O) groups excluding carboxylic acids is 1. The van der Waals surface area contributed by atoms with Crippen molar-refractivity contribution in [3.63, 3.8) is 0 Å². The van der Waals surface area contributed by atoms with Crippen molar-refractivity contribution in [3.05, 3.63) is 24.3 Å². The van der Waals surface area contributed by atoms with Crippen LogP contribution in [0.4, 0.5) is 0 Å². The third-order valence-electron chi connectivity index (χ3n) is 10.9. The second-order valence-corrected chi connectivity index (χ2v) is 16.2. The molecule has 2 rings (SSSR count). The lowest BCUT2D eigenvalue weighted by atomic mass is 9.98. The molecular formula is C45H82O14. The summed E-state index contributed by atoms with van der Waals surface area (Å²) in [6.45, 7) is 3.29. The van der Waals surface area contributed by atoms with Crippen molar-refractivity contribution in [1.29, 1.82) is 0 Å². The lowest BCUT2D eigenvalue weighted by Crippen LogP contribution is -2.61. The average Bonchev–Trinajstić information content (AvgIpc) is 3.23. The van der Waals surface area contributed by atoms with Crippen molar-refractivity contribution in [2.75, 3.05) is 33.0 Å². The molecule has 7 N–H and O–H groups in total. The first kappa shape index (κ1) is 53.6. The van der Waals surface area contributed by atoms with Crippen LogP contribution >= 0.6 is 0 Å². The topological polar surface area (TPSA) is 214 Å². The number of rotatable bonds is 35. The van der Waals surface area contributed by atoms with Gasteiger partial charge in [-0.15, -0.1) is 0 Å². The van der Waals surface area contributed by atoms with Gasteiger partial charge in [0, 0.05) is 13.0 Å². The number of hydrogen-bond donors (Lipinski definition) is 7. The molecule has 346 valence electrons. The molecule has 2 aliphatic rings. The minimum atomic E-state index is -1.70. The summed E-state index contributed by atoms with van der Waals surface area (Å²) in [4.78, 5) is 12.3. The van der Waals surface area contributed by atoms with E-state index in [1.54, 1.807) is 0 Å². The van der Waals surface area contributed by atoms with Crippen LogP contribution in [-0.4, -0.2) is 142 Å². The molecule has 14 nitrogen and oxygen atoms in total. The summed E-state index contributed by atoms with van der Waals surface area (Å²) in [5.41, 5.74) is 0. The molecule has 2 fully saturated rings. The summed E-state index contributed by atoms with van der Waals surface area (Å²) in [5, 5.41) is 71.3. The molecule has 11 unspecified atom stereocenters. The molecule has 2 aliphatic heterocycles. The molecule has 11 atom stereocenters. The zero-order valence-corrected chi connectivity index (χ0v) is 36.2. The predicted molar refractivity (Wildman–Crippen MR) is 224 cm³/mol. The zero-order valence-electron chi connectivity index (χ0n) is 36.2. The number of aliphatic hydroxyl groups is 7. The maximum Gasteiger partial charge on any atom is 0.306 e. The summed E-state index contributed by atoms with van der Waals surface area (Å²) in [6.07, 6.45) is 18.8. The van der Waals surface area contributed by atoms with Crippen molar-refractivity contribution >= 4 is 5.97 Å². The molecule has 0 bridgehead atoms. The van der Waals surface area contributed by atoms with Crippen LogP contribution < -0.4 is 0 Å². The first-order chi connectivity index (χ1) is 28.6. The van der Waals surface area contributed by atoms with Gasteiger partial charge >= 0.3 is 5.97 Å². The van der Waals surface area contributed by atoms with Crippen molar-refractivity contribution in [1.82, 2.24) is 0 Å². The van der Waals surface area contributed by atoms with Gasteiger partial charge in [-0.3, -0.25) is 4.79 Å². The van der Waals surface area contributed by atoms with Crippen molar-refractivity contribution in [2.24, 2.45) is 0 Å². The summed E-state index contributed by atoms with van der Waals surface area (Å²) in [5.74, 6) is -0.429. The Morgan fingerprint density at radius 3 is 1.59 bits per heavy atom. The van der Waals surface area contributed by atoms with Gasteiger partial charge in [0.05, 0.1) is 26.4 Å². The van der Waals surface area contributed by atoms with Gasteiger partial charge in [-0.25, -0.2) is 0 Å². The second-order valence-electron chi connectivity index (χ2n) is 16.2. The van der Waals surface area contributed by atoms with Gasteiger partial charge in [-0.1, -0.05) is 128 Å². The fraction of sp³-hybridized carbons (Fsp3) is 0.889. The zero-order chi connectivity index (χ0) is 43.1. The SMILES string of the molecule is CCCCCCC/C=C\C/C=C\CCCCCCCCCCCCCCOCC(COC1OC(COC2OC(CO)C(O)C(O)C2O)C(O)C(O)C1O)OC(=O)CCC. The number of ether oxygens (including phenoxy) is 6. The molecule has 0 spiro atoms. The molecular weight excluding hydrogens is 764 g/mol. The Morgan fingerprint density at radius 1 is 0.559 bits per heavy atom.